The smallest absolute Gasteiger partial charge is 0.326 e. The standard InChI is InChI=1S/C21H20N2O4/c1-13-8-14(2)10-16(9-13)22-19(24)12-27-20(25)11-23-15(3)17-6-4-5-7-18(17)21(23)26/h4-10H,3,11-12H2,1-2H3,(H,22,24). The highest BCUT2D eigenvalue weighted by atomic mass is 16.5. The van der Waals surface area contributed by atoms with E-state index in [0.717, 1.165) is 11.1 Å². The Morgan fingerprint density at radius 1 is 1.07 bits per heavy atom. The Hall–Kier alpha value is -3.41. The second-order valence-electron chi connectivity index (χ2n) is 6.47. The van der Waals surface area contributed by atoms with E-state index in [1.165, 1.54) is 4.90 Å². The third-order valence-electron chi connectivity index (χ3n) is 4.20. The van der Waals surface area contributed by atoms with Gasteiger partial charge in [0.05, 0.1) is 0 Å². The molecule has 6 nitrogen and oxygen atoms in total. The van der Waals surface area contributed by atoms with Gasteiger partial charge in [0.1, 0.15) is 6.54 Å². The van der Waals surface area contributed by atoms with Gasteiger partial charge in [-0.05, 0) is 43.2 Å². The van der Waals surface area contributed by atoms with Crippen molar-refractivity contribution in [2.45, 2.75) is 13.8 Å². The van der Waals surface area contributed by atoms with E-state index >= 15 is 0 Å². The number of aryl methyl sites for hydroxylation is 2. The number of rotatable bonds is 5. The molecule has 1 N–H and O–H groups in total. The molecule has 2 aromatic carbocycles. The normalized spacial score (nSPS) is 12.7. The summed E-state index contributed by atoms with van der Waals surface area (Å²) in [6.45, 7) is 7.02. The Morgan fingerprint density at radius 3 is 2.33 bits per heavy atom. The molecule has 0 saturated heterocycles. The van der Waals surface area contributed by atoms with Crippen molar-refractivity contribution < 1.29 is 19.1 Å². The minimum atomic E-state index is -0.673. The summed E-state index contributed by atoms with van der Waals surface area (Å²) in [4.78, 5) is 37.7. The van der Waals surface area contributed by atoms with Crippen LogP contribution < -0.4 is 5.32 Å². The highest BCUT2D eigenvalue weighted by Gasteiger charge is 2.32. The summed E-state index contributed by atoms with van der Waals surface area (Å²) >= 11 is 0. The number of hydrogen-bond donors (Lipinski definition) is 1. The second kappa shape index (κ2) is 7.45. The van der Waals surface area contributed by atoms with Crippen LogP contribution in [-0.2, 0) is 14.3 Å². The van der Waals surface area contributed by atoms with Crippen LogP contribution >= 0.6 is 0 Å². The van der Waals surface area contributed by atoms with Crippen LogP contribution in [-0.4, -0.2) is 35.8 Å². The van der Waals surface area contributed by atoms with Crippen LogP contribution in [0.3, 0.4) is 0 Å². The van der Waals surface area contributed by atoms with Crippen LogP contribution in [0.15, 0.2) is 49.0 Å². The Morgan fingerprint density at radius 2 is 1.70 bits per heavy atom. The van der Waals surface area contributed by atoms with E-state index in [1.54, 1.807) is 24.3 Å². The Kier molecular flexibility index (Phi) is 5.07. The molecule has 0 aromatic heterocycles. The first kappa shape index (κ1) is 18.4. The van der Waals surface area contributed by atoms with E-state index in [-0.39, 0.29) is 12.5 Å². The molecule has 2 amide bonds. The molecule has 0 aliphatic carbocycles. The lowest BCUT2D eigenvalue weighted by Gasteiger charge is -2.16. The predicted octanol–water partition coefficient (Wildman–Crippen LogP) is 2.91. The first-order chi connectivity index (χ1) is 12.8. The minimum Gasteiger partial charge on any atom is -0.454 e. The zero-order valence-electron chi connectivity index (χ0n) is 15.2. The molecule has 27 heavy (non-hydrogen) atoms. The van der Waals surface area contributed by atoms with Gasteiger partial charge in [-0.25, -0.2) is 0 Å². The molecule has 0 saturated carbocycles. The van der Waals surface area contributed by atoms with E-state index in [9.17, 15) is 14.4 Å². The molecule has 0 bridgehead atoms. The Labute approximate surface area is 157 Å². The summed E-state index contributed by atoms with van der Waals surface area (Å²) in [5.74, 6) is -1.41. The van der Waals surface area contributed by atoms with Crippen molar-refractivity contribution in [1.82, 2.24) is 4.90 Å². The van der Waals surface area contributed by atoms with Gasteiger partial charge in [0, 0.05) is 22.5 Å². The SMILES string of the molecule is C=C1c2ccccc2C(=O)N1CC(=O)OCC(=O)Nc1cc(C)cc(C)c1. The topological polar surface area (TPSA) is 75.7 Å². The molecule has 0 unspecified atom stereocenters. The monoisotopic (exact) mass is 364 g/mol. The summed E-state index contributed by atoms with van der Waals surface area (Å²) in [5.41, 5.74) is 4.34. The molecule has 2 aromatic rings. The molecule has 3 rings (SSSR count). The molecule has 0 spiro atoms. The number of carbonyl (C=O) groups is 3. The van der Waals surface area contributed by atoms with Crippen molar-refractivity contribution in [2.75, 3.05) is 18.5 Å². The number of carbonyl (C=O) groups excluding carboxylic acids is 3. The molecule has 1 aliphatic rings. The first-order valence-corrected chi connectivity index (χ1v) is 8.49. The molecule has 138 valence electrons. The molecule has 1 aliphatic heterocycles. The van der Waals surface area contributed by atoms with E-state index in [0.29, 0.717) is 22.5 Å². The summed E-state index contributed by atoms with van der Waals surface area (Å²) < 4.78 is 5.01. The van der Waals surface area contributed by atoms with Crippen molar-refractivity contribution in [2.24, 2.45) is 0 Å². The zero-order chi connectivity index (χ0) is 19.6. The van der Waals surface area contributed by atoms with Gasteiger partial charge in [-0.15, -0.1) is 0 Å². The van der Waals surface area contributed by atoms with Crippen LogP contribution in [0, 0.1) is 13.8 Å². The van der Waals surface area contributed by atoms with Crippen LogP contribution in [0.25, 0.3) is 5.70 Å². The highest BCUT2D eigenvalue weighted by Crippen LogP contribution is 2.30. The van der Waals surface area contributed by atoms with Gasteiger partial charge in [-0.1, -0.05) is 30.8 Å². The van der Waals surface area contributed by atoms with Gasteiger partial charge in [0.25, 0.3) is 11.8 Å². The molecule has 0 atom stereocenters. The van der Waals surface area contributed by atoms with Gasteiger partial charge in [0.15, 0.2) is 6.61 Å². The van der Waals surface area contributed by atoms with E-state index in [1.807, 2.05) is 32.0 Å². The maximum absolute atomic E-state index is 12.4. The third-order valence-corrected chi connectivity index (χ3v) is 4.20. The molecular weight excluding hydrogens is 344 g/mol. The quantitative estimate of drug-likeness (QED) is 0.828. The van der Waals surface area contributed by atoms with Crippen molar-refractivity contribution in [3.05, 3.63) is 71.3 Å². The molecule has 0 radical (unpaired) electrons. The van der Waals surface area contributed by atoms with Crippen molar-refractivity contribution in [3.8, 4) is 0 Å². The van der Waals surface area contributed by atoms with Gasteiger partial charge in [-0.3, -0.25) is 19.3 Å². The second-order valence-corrected chi connectivity index (χ2v) is 6.47. The number of ether oxygens (including phenoxy) is 1. The predicted molar refractivity (Wildman–Crippen MR) is 102 cm³/mol. The van der Waals surface area contributed by atoms with Crippen LogP contribution in [0.4, 0.5) is 5.69 Å². The van der Waals surface area contributed by atoms with Crippen LogP contribution in [0.5, 0.6) is 0 Å². The van der Waals surface area contributed by atoms with E-state index < -0.39 is 18.5 Å². The van der Waals surface area contributed by atoms with Gasteiger partial charge in [0.2, 0.25) is 0 Å². The van der Waals surface area contributed by atoms with Gasteiger partial charge in [-0.2, -0.15) is 0 Å². The third kappa shape index (κ3) is 4.06. The molecule has 0 fully saturated rings. The maximum atomic E-state index is 12.4. The highest BCUT2D eigenvalue weighted by molar-refractivity contribution is 6.10. The lowest BCUT2D eigenvalue weighted by Crippen LogP contribution is -2.32. The molecule has 6 heteroatoms. The van der Waals surface area contributed by atoms with Crippen LogP contribution in [0.1, 0.15) is 27.0 Å². The number of amides is 2. The largest absolute Gasteiger partial charge is 0.454 e. The van der Waals surface area contributed by atoms with Gasteiger partial charge < -0.3 is 10.1 Å². The van der Waals surface area contributed by atoms with Gasteiger partial charge >= 0.3 is 5.97 Å². The fourth-order valence-corrected chi connectivity index (χ4v) is 3.07. The van der Waals surface area contributed by atoms with Crippen LogP contribution in [0.2, 0.25) is 0 Å². The summed E-state index contributed by atoms with van der Waals surface area (Å²) in [7, 11) is 0. The number of nitrogens with zero attached hydrogens (tertiary/aromatic N) is 1. The summed E-state index contributed by atoms with van der Waals surface area (Å²) in [6.07, 6.45) is 0. The van der Waals surface area contributed by atoms with Crippen molar-refractivity contribution in [1.29, 1.82) is 0 Å². The average molecular weight is 364 g/mol. The number of esters is 1. The number of anilines is 1. The first-order valence-electron chi connectivity index (χ1n) is 8.49. The lowest BCUT2D eigenvalue weighted by molar-refractivity contribution is -0.147. The Balaban J connectivity index is 1.54. The summed E-state index contributed by atoms with van der Waals surface area (Å²) in [6, 6.07) is 12.7. The number of hydrogen-bond acceptors (Lipinski definition) is 4. The van der Waals surface area contributed by atoms with E-state index in [4.69, 9.17) is 4.74 Å². The Bertz CT molecular complexity index is 894. The maximum Gasteiger partial charge on any atom is 0.326 e. The average Bonchev–Trinajstić information content (AvgIpc) is 2.84. The number of nitrogens with one attached hydrogen (secondary N) is 1. The lowest BCUT2D eigenvalue weighted by atomic mass is 10.1. The number of fused-ring (bicyclic) bond motifs is 1. The molecule has 1 heterocycles. The summed E-state index contributed by atoms with van der Waals surface area (Å²) in [5, 5.41) is 2.69. The van der Waals surface area contributed by atoms with E-state index in [2.05, 4.69) is 11.9 Å². The fourth-order valence-electron chi connectivity index (χ4n) is 3.07. The number of benzene rings is 2. The molecular formula is C21H20N2O4. The fraction of sp³-hybridized carbons (Fsp3) is 0.190. The minimum absolute atomic E-state index is 0.289. The zero-order valence-corrected chi connectivity index (χ0v) is 15.2. The van der Waals surface area contributed by atoms with Crippen molar-refractivity contribution in [3.63, 3.8) is 0 Å². The van der Waals surface area contributed by atoms with Crippen molar-refractivity contribution >= 4 is 29.2 Å².